The Balaban J connectivity index is 2.28. The van der Waals surface area contributed by atoms with Gasteiger partial charge in [-0.2, -0.15) is 4.39 Å². The summed E-state index contributed by atoms with van der Waals surface area (Å²) in [6.07, 6.45) is 0.935. The fraction of sp³-hybridized carbons (Fsp3) is 0. The Kier molecular flexibility index (Phi) is 4.08. The Morgan fingerprint density at radius 2 is 2.05 bits per heavy atom. The molecule has 21 heavy (non-hydrogen) atoms. The van der Waals surface area contributed by atoms with Gasteiger partial charge in [0.2, 0.25) is 5.95 Å². The minimum absolute atomic E-state index is 0.0314. The number of amides is 1. The predicted molar refractivity (Wildman–Crippen MR) is 70.2 cm³/mol. The number of halogens is 3. The predicted octanol–water partition coefficient (Wildman–Crippen LogP) is 3.17. The van der Waals surface area contributed by atoms with Crippen LogP contribution < -0.4 is 5.32 Å². The maximum atomic E-state index is 13.4. The van der Waals surface area contributed by atoms with E-state index in [9.17, 15) is 23.7 Å². The molecule has 0 aliphatic heterocycles. The summed E-state index contributed by atoms with van der Waals surface area (Å²) >= 11 is 5.78. The maximum Gasteiger partial charge on any atom is 0.271 e. The summed E-state index contributed by atoms with van der Waals surface area (Å²) in [7, 11) is 0. The Bertz CT molecular complexity index is 740. The molecule has 0 radical (unpaired) electrons. The fourth-order valence-electron chi connectivity index (χ4n) is 1.50. The highest BCUT2D eigenvalue weighted by Gasteiger charge is 2.18. The molecule has 108 valence electrons. The van der Waals surface area contributed by atoms with Crippen molar-refractivity contribution >= 4 is 28.9 Å². The number of nitrogens with zero attached hydrogens (tertiary/aromatic N) is 2. The van der Waals surface area contributed by atoms with Crippen LogP contribution in [-0.4, -0.2) is 15.8 Å². The van der Waals surface area contributed by atoms with Gasteiger partial charge in [0.25, 0.3) is 11.6 Å². The van der Waals surface area contributed by atoms with Gasteiger partial charge >= 0.3 is 0 Å². The molecule has 0 saturated heterocycles. The van der Waals surface area contributed by atoms with Crippen LogP contribution in [0.4, 0.5) is 20.2 Å². The highest BCUT2D eigenvalue weighted by Crippen LogP contribution is 2.27. The summed E-state index contributed by atoms with van der Waals surface area (Å²) in [5, 5.41) is 12.7. The normalized spacial score (nSPS) is 10.2. The first-order valence-electron chi connectivity index (χ1n) is 5.45. The Labute approximate surface area is 121 Å². The van der Waals surface area contributed by atoms with E-state index in [-0.39, 0.29) is 16.4 Å². The van der Waals surface area contributed by atoms with E-state index in [0.29, 0.717) is 0 Å². The standard InChI is InChI=1S/C12H6ClF2N3O3/c13-8-5-6(18(20)21)1-2-9(8)17-12(19)7-3-4-16-11(15)10(7)14/h1-5H,(H,17,19). The number of benzene rings is 1. The Morgan fingerprint density at radius 1 is 1.33 bits per heavy atom. The molecule has 2 aromatic rings. The molecule has 0 atom stereocenters. The van der Waals surface area contributed by atoms with E-state index in [1.54, 1.807) is 0 Å². The number of carbonyl (C=O) groups excluding carboxylic acids is 1. The highest BCUT2D eigenvalue weighted by molar-refractivity contribution is 6.34. The molecule has 1 aromatic carbocycles. The van der Waals surface area contributed by atoms with Crippen molar-refractivity contribution in [2.75, 3.05) is 5.32 Å². The molecule has 0 aliphatic rings. The van der Waals surface area contributed by atoms with Gasteiger partial charge in [-0.1, -0.05) is 11.6 Å². The van der Waals surface area contributed by atoms with Gasteiger partial charge in [-0.05, 0) is 12.1 Å². The number of anilines is 1. The van der Waals surface area contributed by atoms with Gasteiger partial charge in [-0.3, -0.25) is 14.9 Å². The van der Waals surface area contributed by atoms with Crippen LogP contribution in [0.5, 0.6) is 0 Å². The molecule has 1 N–H and O–H groups in total. The lowest BCUT2D eigenvalue weighted by Crippen LogP contribution is -2.15. The number of hydrogen-bond acceptors (Lipinski definition) is 4. The smallest absolute Gasteiger partial charge is 0.271 e. The summed E-state index contributed by atoms with van der Waals surface area (Å²) in [5.41, 5.74) is -0.792. The van der Waals surface area contributed by atoms with Gasteiger partial charge < -0.3 is 5.32 Å². The molecule has 1 heterocycles. The summed E-state index contributed by atoms with van der Waals surface area (Å²) < 4.78 is 26.3. The number of rotatable bonds is 3. The average Bonchev–Trinajstić information content (AvgIpc) is 2.43. The van der Waals surface area contributed by atoms with E-state index in [1.165, 1.54) is 6.07 Å². The van der Waals surface area contributed by atoms with Crippen LogP contribution in [0, 0.1) is 21.9 Å². The van der Waals surface area contributed by atoms with Crippen molar-refractivity contribution in [2.24, 2.45) is 0 Å². The van der Waals surface area contributed by atoms with E-state index in [0.717, 1.165) is 24.4 Å². The fourth-order valence-corrected chi connectivity index (χ4v) is 1.72. The molecule has 0 aliphatic carbocycles. The monoisotopic (exact) mass is 313 g/mol. The van der Waals surface area contributed by atoms with Gasteiger partial charge in [-0.15, -0.1) is 0 Å². The molecular weight excluding hydrogens is 308 g/mol. The summed E-state index contributed by atoms with van der Waals surface area (Å²) in [4.78, 5) is 24.8. The summed E-state index contributed by atoms with van der Waals surface area (Å²) in [6.45, 7) is 0. The van der Waals surface area contributed by atoms with Crippen LogP contribution in [0.15, 0.2) is 30.5 Å². The molecule has 0 saturated carbocycles. The third-order valence-electron chi connectivity index (χ3n) is 2.50. The number of pyridine rings is 1. The van der Waals surface area contributed by atoms with E-state index in [4.69, 9.17) is 11.6 Å². The van der Waals surface area contributed by atoms with Crippen LogP contribution in [0.3, 0.4) is 0 Å². The first-order valence-corrected chi connectivity index (χ1v) is 5.83. The van der Waals surface area contributed by atoms with Crippen molar-refractivity contribution in [3.05, 3.63) is 62.9 Å². The average molecular weight is 314 g/mol. The minimum atomic E-state index is -1.41. The van der Waals surface area contributed by atoms with Gasteiger partial charge in [0.1, 0.15) is 0 Å². The van der Waals surface area contributed by atoms with E-state index < -0.39 is 28.2 Å². The molecule has 1 amide bonds. The van der Waals surface area contributed by atoms with Crippen molar-refractivity contribution in [3.8, 4) is 0 Å². The number of hydrogen-bond donors (Lipinski definition) is 1. The zero-order valence-electron chi connectivity index (χ0n) is 10.1. The van der Waals surface area contributed by atoms with E-state index in [1.807, 2.05) is 0 Å². The second-order valence-electron chi connectivity index (χ2n) is 3.84. The third kappa shape index (κ3) is 3.11. The molecule has 0 unspecified atom stereocenters. The Hall–Kier alpha value is -2.61. The van der Waals surface area contributed by atoms with Crippen LogP contribution >= 0.6 is 11.6 Å². The second-order valence-corrected chi connectivity index (χ2v) is 4.25. The Morgan fingerprint density at radius 3 is 2.67 bits per heavy atom. The molecule has 0 bridgehead atoms. The topological polar surface area (TPSA) is 85.1 Å². The molecule has 0 spiro atoms. The number of aromatic nitrogens is 1. The molecule has 2 rings (SSSR count). The zero-order valence-corrected chi connectivity index (χ0v) is 10.9. The van der Waals surface area contributed by atoms with Crippen LogP contribution in [0.1, 0.15) is 10.4 Å². The minimum Gasteiger partial charge on any atom is -0.321 e. The summed E-state index contributed by atoms with van der Waals surface area (Å²) in [5.74, 6) is -3.75. The van der Waals surface area contributed by atoms with Crippen molar-refractivity contribution in [1.29, 1.82) is 0 Å². The molecular formula is C12H6ClF2N3O3. The van der Waals surface area contributed by atoms with Crippen molar-refractivity contribution in [3.63, 3.8) is 0 Å². The highest BCUT2D eigenvalue weighted by atomic mass is 35.5. The molecule has 0 fully saturated rings. The van der Waals surface area contributed by atoms with Crippen molar-refractivity contribution in [2.45, 2.75) is 0 Å². The first-order chi connectivity index (χ1) is 9.90. The second kappa shape index (κ2) is 5.80. The summed E-state index contributed by atoms with van der Waals surface area (Å²) in [6, 6.07) is 4.33. The number of carbonyl (C=O) groups is 1. The lowest BCUT2D eigenvalue weighted by Gasteiger charge is -2.07. The first kappa shape index (κ1) is 14.8. The van der Waals surface area contributed by atoms with Gasteiger partial charge in [0.15, 0.2) is 5.82 Å². The maximum absolute atomic E-state index is 13.4. The third-order valence-corrected chi connectivity index (χ3v) is 2.82. The lowest BCUT2D eigenvalue weighted by molar-refractivity contribution is -0.384. The zero-order chi connectivity index (χ0) is 15.6. The number of nitrogens with one attached hydrogen (secondary N) is 1. The van der Waals surface area contributed by atoms with Crippen LogP contribution in [-0.2, 0) is 0 Å². The number of nitro groups is 1. The molecule has 6 nitrogen and oxygen atoms in total. The molecule has 1 aromatic heterocycles. The van der Waals surface area contributed by atoms with Gasteiger partial charge in [0, 0.05) is 18.3 Å². The lowest BCUT2D eigenvalue weighted by atomic mass is 10.2. The van der Waals surface area contributed by atoms with Crippen LogP contribution in [0.2, 0.25) is 5.02 Å². The van der Waals surface area contributed by atoms with Crippen LogP contribution in [0.25, 0.3) is 0 Å². The van der Waals surface area contributed by atoms with Gasteiger partial charge in [0.05, 0.1) is 21.2 Å². The SMILES string of the molecule is O=C(Nc1ccc([N+](=O)[O-])cc1Cl)c1ccnc(F)c1F. The largest absolute Gasteiger partial charge is 0.321 e. The van der Waals surface area contributed by atoms with E-state index >= 15 is 0 Å². The quantitative estimate of drug-likeness (QED) is 0.536. The van der Waals surface area contributed by atoms with Gasteiger partial charge in [-0.25, -0.2) is 9.37 Å². The molecule has 9 heteroatoms. The number of nitro benzene ring substituents is 1. The van der Waals surface area contributed by atoms with E-state index in [2.05, 4.69) is 10.3 Å². The van der Waals surface area contributed by atoms with Crippen molar-refractivity contribution < 1.29 is 18.5 Å². The number of non-ortho nitro benzene ring substituents is 1. The van der Waals surface area contributed by atoms with Crippen molar-refractivity contribution in [1.82, 2.24) is 4.98 Å².